The van der Waals surface area contributed by atoms with Crippen LogP contribution < -0.4 is 11.3 Å². The van der Waals surface area contributed by atoms with Crippen LogP contribution in [0.5, 0.6) is 0 Å². The molecular formula is C12H20N6. The molecule has 0 radical (unpaired) electrons. The van der Waals surface area contributed by atoms with Crippen molar-refractivity contribution in [2.45, 2.75) is 25.8 Å². The second-order valence-corrected chi connectivity index (χ2v) is 4.42. The SMILES string of the molecule is CCc1cc(C(Cc2nccn2C)NN)n(C)n1. The Kier molecular flexibility index (Phi) is 3.78. The Hall–Kier alpha value is -1.66. The molecule has 2 aromatic rings. The first-order valence-corrected chi connectivity index (χ1v) is 6.10. The molecule has 98 valence electrons. The first-order valence-electron chi connectivity index (χ1n) is 6.10. The summed E-state index contributed by atoms with van der Waals surface area (Å²) in [6.45, 7) is 2.09. The van der Waals surface area contributed by atoms with Crippen molar-refractivity contribution in [3.8, 4) is 0 Å². The summed E-state index contributed by atoms with van der Waals surface area (Å²) in [5.41, 5.74) is 5.01. The molecule has 0 aliphatic rings. The maximum Gasteiger partial charge on any atom is 0.110 e. The van der Waals surface area contributed by atoms with Crippen LogP contribution in [0.3, 0.4) is 0 Å². The lowest BCUT2D eigenvalue weighted by atomic mass is 10.1. The minimum absolute atomic E-state index is 0.0175. The van der Waals surface area contributed by atoms with Gasteiger partial charge in [0.05, 0.1) is 17.4 Å². The van der Waals surface area contributed by atoms with Crippen molar-refractivity contribution in [2.24, 2.45) is 19.9 Å². The second-order valence-electron chi connectivity index (χ2n) is 4.42. The summed E-state index contributed by atoms with van der Waals surface area (Å²) in [7, 11) is 3.92. The average Bonchev–Trinajstić information content (AvgIpc) is 2.93. The van der Waals surface area contributed by atoms with Gasteiger partial charge in [0.25, 0.3) is 0 Å². The largest absolute Gasteiger partial charge is 0.338 e. The molecule has 6 heteroatoms. The molecule has 0 spiro atoms. The maximum absolute atomic E-state index is 5.66. The zero-order valence-electron chi connectivity index (χ0n) is 11.1. The van der Waals surface area contributed by atoms with Gasteiger partial charge in [-0.3, -0.25) is 16.0 Å². The highest BCUT2D eigenvalue weighted by atomic mass is 15.3. The lowest BCUT2D eigenvalue weighted by Crippen LogP contribution is -2.31. The normalized spacial score (nSPS) is 12.9. The molecule has 0 aliphatic heterocycles. The van der Waals surface area contributed by atoms with Gasteiger partial charge >= 0.3 is 0 Å². The van der Waals surface area contributed by atoms with Gasteiger partial charge in [-0.15, -0.1) is 0 Å². The van der Waals surface area contributed by atoms with Crippen LogP contribution >= 0.6 is 0 Å². The second kappa shape index (κ2) is 5.32. The minimum atomic E-state index is 0.0175. The number of hydrogen-bond acceptors (Lipinski definition) is 4. The highest BCUT2D eigenvalue weighted by Crippen LogP contribution is 2.17. The predicted molar refractivity (Wildman–Crippen MR) is 69.6 cm³/mol. The number of rotatable bonds is 5. The van der Waals surface area contributed by atoms with E-state index in [1.165, 1.54) is 0 Å². The Bertz CT molecular complexity index is 512. The summed E-state index contributed by atoms with van der Waals surface area (Å²) in [5, 5.41) is 4.44. The zero-order chi connectivity index (χ0) is 13.1. The number of aromatic nitrogens is 4. The number of imidazole rings is 1. The number of nitrogens with one attached hydrogen (secondary N) is 1. The summed E-state index contributed by atoms with van der Waals surface area (Å²) < 4.78 is 3.88. The van der Waals surface area contributed by atoms with Crippen molar-refractivity contribution in [3.63, 3.8) is 0 Å². The van der Waals surface area contributed by atoms with E-state index in [2.05, 4.69) is 28.5 Å². The van der Waals surface area contributed by atoms with Gasteiger partial charge < -0.3 is 4.57 Å². The van der Waals surface area contributed by atoms with Crippen molar-refractivity contribution in [2.75, 3.05) is 0 Å². The molecule has 0 fully saturated rings. The van der Waals surface area contributed by atoms with E-state index in [0.717, 1.165) is 30.1 Å². The highest BCUT2D eigenvalue weighted by molar-refractivity contribution is 5.15. The van der Waals surface area contributed by atoms with E-state index in [-0.39, 0.29) is 6.04 Å². The van der Waals surface area contributed by atoms with E-state index in [1.54, 1.807) is 6.20 Å². The van der Waals surface area contributed by atoms with Gasteiger partial charge in [0.2, 0.25) is 0 Å². The van der Waals surface area contributed by atoms with Crippen LogP contribution in [0.2, 0.25) is 0 Å². The van der Waals surface area contributed by atoms with Gasteiger partial charge in [0, 0.05) is 32.9 Å². The molecule has 0 saturated carbocycles. The molecule has 3 N–H and O–H groups in total. The third-order valence-electron chi connectivity index (χ3n) is 3.19. The van der Waals surface area contributed by atoms with Gasteiger partial charge in [-0.1, -0.05) is 6.92 Å². The predicted octanol–water partition coefficient (Wildman–Crippen LogP) is 0.463. The molecule has 18 heavy (non-hydrogen) atoms. The fourth-order valence-corrected chi connectivity index (χ4v) is 2.07. The number of hydrogen-bond donors (Lipinski definition) is 2. The molecule has 0 amide bonds. The van der Waals surface area contributed by atoms with Gasteiger partial charge in [-0.05, 0) is 12.5 Å². The van der Waals surface area contributed by atoms with Crippen molar-refractivity contribution >= 4 is 0 Å². The molecule has 6 nitrogen and oxygen atoms in total. The summed E-state index contributed by atoms with van der Waals surface area (Å²) in [5.74, 6) is 6.66. The van der Waals surface area contributed by atoms with Crippen LogP contribution in [-0.4, -0.2) is 19.3 Å². The van der Waals surface area contributed by atoms with Crippen LogP contribution in [0, 0.1) is 0 Å². The third kappa shape index (κ3) is 2.44. The smallest absolute Gasteiger partial charge is 0.110 e. The van der Waals surface area contributed by atoms with Crippen LogP contribution in [0.1, 0.15) is 30.2 Å². The van der Waals surface area contributed by atoms with Gasteiger partial charge in [-0.25, -0.2) is 4.98 Å². The lowest BCUT2D eigenvalue weighted by molar-refractivity contribution is 0.492. The number of hydrazine groups is 1. The van der Waals surface area contributed by atoms with E-state index < -0.39 is 0 Å². The first kappa shape index (κ1) is 12.8. The quantitative estimate of drug-likeness (QED) is 0.595. The standard InChI is InChI=1S/C12H20N6/c1-4-9-7-11(18(3)16-9)10(15-13)8-12-14-5-6-17(12)2/h5-7,10,15H,4,8,13H2,1-3H3. The highest BCUT2D eigenvalue weighted by Gasteiger charge is 2.17. The Morgan fingerprint density at radius 3 is 2.72 bits per heavy atom. The molecule has 2 heterocycles. The van der Waals surface area contributed by atoms with Crippen molar-refractivity contribution in [1.29, 1.82) is 0 Å². The Balaban J connectivity index is 2.22. The minimum Gasteiger partial charge on any atom is -0.338 e. The lowest BCUT2D eigenvalue weighted by Gasteiger charge is -2.15. The summed E-state index contributed by atoms with van der Waals surface area (Å²) >= 11 is 0. The maximum atomic E-state index is 5.66. The van der Waals surface area contributed by atoms with Crippen LogP contribution in [0.15, 0.2) is 18.5 Å². The average molecular weight is 248 g/mol. The van der Waals surface area contributed by atoms with E-state index in [0.29, 0.717) is 0 Å². The molecule has 2 aromatic heterocycles. The van der Waals surface area contributed by atoms with Crippen molar-refractivity contribution in [1.82, 2.24) is 24.8 Å². The fraction of sp³-hybridized carbons (Fsp3) is 0.500. The van der Waals surface area contributed by atoms with E-state index in [9.17, 15) is 0 Å². The van der Waals surface area contributed by atoms with Crippen LogP contribution in [0.4, 0.5) is 0 Å². The number of nitrogens with two attached hydrogens (primary N) is 1. The summed E-state index contributed by atoms with van der Waals surface area (Å²) in [6, 6.07) is 2.11. The Labute approximate surface area is 107 Å². The van der Waals surface area contributed by atoms with E-state index >= 15 is 0 Å². The monoisotopic (exact) mass is 248 g/mol. The van der Waals surface area contributed by atoms with Gasteiger partial charge in [-0.2, -0.15) is 5.10 Å². The Morgan fingerprint density at radius 2 is 2.22 bits per heavy atom. The third-order valence-corrected chi connectivity index (χ3v) is 3.19. The van der Waals surface area contributed by atoms with Gasteiger partial charge in [0.15, 0.2) is 0 Å². The van der Waals surface area contributed by atoms with E-state index in [4.69, 9.17) is 5.84 Å². The van der Waals surface area contributed by atoms with Gasteiger partial charge in [0.1, 0.15) is 5.82 Å². The fourth-order valence-electron chi connectivity index (χ4n) is 2.07. The molecule has 1 atom stereocenters. The summed E-state index contributed by atoms with van der Waals surface area (Å²) in [6.07, 6.45) is 5.39. The van der Waals surface area contributed by atoms with Crippen LogP contribution in [0.25, 0.3) is 0 Å². The first-order chi connectivity index (χ1) is 8.65. The van der Waals surface area contributed by atoms with Crippen LogP contribution in [-0.2, 0) is 26.9 Å². The topological polar surface area (TPSA) is 73.7 Å². The number of aryl methyl sites for hydroxylation is 3. The summed E-state index contributed by atoms with van der Waals surface area (Å²) in [4.78, 5) is 4.32. The molecule has 2 rings (SSSR count). The molecule has 0 aliphatic carbocycles. The zero-order valence-corrected chi connectivity index (χ0v) is 11.1. The van der Waals surface area contributed by atoms with E-state index in [1.807, 2.05) is 29.5 Å². The molecule has 1 unspecified atom stereocenters. The molecule has 0 aromatic carbocycles. The van der Waals surface area contributed by atoms with Crippen molar-refractivity contribution < 1.29 is 0 Å². The molecule has 0 saturated heterocycles. The molecular weight excluding hydrogens is 228 g/mol. The molecule has 0 bridgehead atoms. The number of nitrogens with zero attached hydrogens (tertiary/aromatic N) is 4. The van der Waals surface area contributed by atoms with Crippen molar-refractivity contribution in [3.05, 3.63) is 35.7 Å². The Morgan fingerprint density at radius 1 is 1.44 bits per heavy atom.